The monoisotopic (exact) mass is 499 g/mol. The van der Waals surface area contributed by atoms with Crippen LogP contribution >= 0.6 is 12.2 Å². The van der Waals surface area contributed by atoms with E-state index in [0.29, 0.717) is 46.9 Å². The molecule has 1 heterocycles. The normalized spacial score (nSPS) is 11.6. The summed E-state index contributed by atoms with van der Waals surface area (Å²) < 4.78 is 13.2. The Morgan fingerprint density at radius 1 is 1.14 bits per heavy atom. The zero-order valence-corrected chi connectivity index (χ0v) is 19.7. The third kappa shape index (κ3) is 8.14. The third-order valence-electron chi connectivity index (χ3n) is 5.17. The number of amides is 1. The number of carboxylic acid groups (broad SMARTS) is 1. The predicted molar refractivity (Wildman–Crippen MR) is 135 cm³/mol. The number of carbonyl (C=O) groups is 2. The van der Waals surface area contributed by atoms with Crippen LogP contribution in [0.1, 0.15) is 31.5 Å². The van der Waals surface area contributed by atoms with Crippen molar-refractivity contribution in [2.45, 2.75) is 38.1 Å². The first-order valence-corrected chi connectivity index (χ1v) is 11.5. The summed E-state index contributed by atoms with van der Waals surface area (Å²) in [5.74, 6) is -1.57. The molecule has 5 N–H and O–H groups in total. The molecule has 0 aliphatic carbocycles. The molecule has 11 heteroatoms. The van der Waals surface area contributed by atoms with Crippen LogP contribution in [0.25, 0.3) is 10.9 Å². The van der Waals surface area contributed by atoms with Gasteiger partial charge in [-0.25, -0.2) is 14.2 Å². The van der Waals surface area contributed by atoms with E-state index in [1.54, 1.807) is 36.4 Å². The predicted octanol–water partition coefficient (Wildman–Crippen LogP) is 2.72. The second kappa shape index (κ2) is 12.6. The molecule has 0 spiro atoms. The van der Waals surface area contributed by atoms with E-state index in [9.17, 15) is 23.9 Å². The van der Waals surface area contributed by atoms with Crippen LogP contribution in [0.2, 0.25) is 0 Å². The van der Waals surface area contributed by atoms with Crippen LogP contribution in [-0.4, -0.2) is 44.7 Å². The van der Waals surface area contributed by atoms with Crippen LogP contribution < -0.4 is 21.5 Å². The zero-order valence-electron chi connectivity index (χ0n) is 18.8. The number of thiocarbonyl (C=S) groups is 1. The van der Waals surface area contributed by atoms with Crippen molar-refractivity contribution in [2.24, 2.45) is 0 Å². The number of hydrogen-bond donors (Lipinski definition) is 5. The van der Waals surface area contributed by atoms with Crippen molar-refractivity contribution in [1.82, 2.24) is 20.6 Å². The highest BCUT2D eigenvalue weighted by Gasteiger charge is 2.19. The van der Waals surface area contributed by atoms with Crippen molar-refractivity contribution in [1.29, 1.82) is 0 Å². The third-order valence-corrected chi connectivity index (χ3v) is 5.42. The second-order valence-corrected chi connectivity index (χ2v) is 8.28. The average Bonchev–Trinajstić information content (AvgIpc) is 2.81. The Kier molecular flexibility index (Phi) is 9.24. The molecule has 0 bridgehead atoms. The highest BCUT2D eigenvalue weighted by Crippen LogP contribution is 2.09. The number of aromatic nitrogens is 2. The Bertz CT molecular complexity index is 1270. The van der Waals surface area contributed by atoms with Gasteiger partial charge in [-0.3, -0.25) is 9.59 Å². The lowest BCUT2D eigenvalue weighted by molar-refractivity contribution is -0.142. The van der Waals surface area contributed by atoms with Gasteiger partial charge in [-0.05, 0) is 61.8 Å². The first-order chi connectivity index (χ1) is 16.8. The largest absolute Gasteiger partial charge is 0.480 e. The van der Waals surface area contributed by atoms with Crippen LogP contribution in [-0.2, 0) is 16.0 Å². The topological polar surface area (TPSA) is 136 Å². The number of nitrogens with one attached hydrogen (secondary N) is 4. The fraction of sp³-hybridized carbons (Fsp3) is 0.292. The molecule has 0 saturated carbocycles. The number of fused-ring (bicyclic) bond motifs is 1. The van der Waals surface area contributed by atoms with Gasteiger partial charge >= 0.3 is 5.97 Å². The van der Waals surface area contributed by atoms with Gasteiger partial charge in [0.1, 0.15) is 17.7 Å². The summed E-state index contributed by atoms with van der Waals surface area (Å²) in [6.07, 6.45) is 1.57. The molecule has 1 atom stereocenters. The summed E-state index contributed by atoms with van der Waals surface area (Å²) >= 11 is 5.16. The van der Waals surface area contributed by atoms with Crippen molar-refractivity contribution >= 4 is 45.8 Å². The minimum Gasteiger partial charge on any atom is -0.480 e. The van der Waals surface area contributed by atoms with E-state index < -0.39 is 17.9 Å². The maximum atomic E-state index is 13.2. The van der Waals surface area contributed by atoms with Gasteiger partial charge in [-0.1, -0.05) is 18.2 Å². The molecule has 0 saturated heterocycles. The van der Waals surface area contributed by atoms with E-state index in [-0.39, 0.29) is 30.6 Å². The number of aryl methyl sites for hydroxylation is 1. The van der Waals surface area contributed by atoms with Crippen molar-refractivity contribution < 1.29 is 19.1 Å². The first-order valence-electron chi connectivity index (χ1n) is 11.1. The Hall–Kier alpha value is -3.86. The van der Waals surface area contributed by atoms with Crippen LogP contribution in [0.5, 0.6) is 0 Å². The summed E-state index contributed by atoms with van der Waals surface area (Å²) in [6.45, 7) is 0.489. The molecule has 0 fully saturated rings. The zero-order chi connectivity index (χ0) is 25.2. The number of carboxylic acids is 1. The van der Waals surface area contributed by atoms with Crippen LogP contribution in [0.15, 0.2) is 53.3 Å². The summed E-state index contributed by atoms with van der Waals surface area (Å²) in [5.41, 5.74) is 0.780. The smallest absolute Gasteiger partial charge is 0.326 e. The fourth-order valence-corrected chi connectivity index (χ4v) is 3.65. The number of anilines is 1. The molecule has 3 rings (SSSR count). The number of nitrogens with zero attached hydrogens (tertiary/aromatic N) is 1. The van der Waals surface area contributed by atoms with Crippen LogP contribution in [0.3, 0.4) is 0 Å². The quantitative estimate of drug-likeness (QED) is 0.201. The molecular weight excluding hydrogens is 473 g/mol. The fourth-order valence-electron chi connectivity index (χ4n) is 3.43. The highest BCUT2D eigenvalue weighted by atomic mass is 32.1. The molecular formula is C24H26FN5O4S. The number of aromatic amines is 1. The Morgan fingerprint density at radius 3 is 2.71 bits per heavy atom. The molecule has 1 aromatic heterocycles. The number of unbranched alkanes of at least 4 members (excludes halogenated alkanes) is 1. The maximum Gasteiger partial charge on any atom is 0.326 e. The summed E-state index contributed by atoms with van der Waals surface area (Å²) in [4.78, 5) is 43.0. The summed E-state index contributed by atoms with van der Waals surface area (Å²) in [7, 11) is 0. The van der Waals surface area contributed by atoms with E-state index in [2.05, 4.69) is 25.9 Å². The van der Waals surface area contributed by atoms with Gasteiger partial charge in [-0.15, -0.1) is 0 Å². The van der Waals surface area contributed by atoms with E-state index in [4.69, 9.17) is 12.2 Å². The number of hydrogen-bond acceptors (Lipinski definition) is 5. The number of rotatable bonds is 11. The second-order valence-electron chi connectivity index (χ2n) is 7.88. The lowest BCUT2D eigenvalue weighted by atomic mass is 10.1. The standard InChI is InChI=1S/C24H26FN5O4S/c25-15-6-5-7-16(14-15)27-24(35)26-13-4-3-10-19(23(33)34)29-21(31)12-11-20-28-18-9-2-1-8-17(18)22(32)30-20/h1-2,5-9,14,19H,3-4,10-13H2,(H,29,31)(H,33,34)(H2,26,27,35)(H,28,30,32)/t19-/m0/s1. The van der Waals surface area contributed by atoms with E-state index in [0.717, 1.165) is 0 Å². The van der Waals surface area contributed by atoms with Gasteiger partial charge in [-0.2, -0.15) is 0 Å². The number of aliphatic carboxylic acids is 1. The van der Waals surface area contributed by atoms with Gasteiger partial charge in [0.05, 0.1) is 10.9 Å². The highest BCUT2D eigenvalue weighted by molar-refractivity contribution is 7.80. The SMILES string of the molecule is O=C(CCc1nc2ccccc2c(=O)[nH]1)N[C@@H](CCCCNC(=S)Nc1cccc(F)c1)C(=O)O. The molecule has 0 aliphatic rings. The first kappa shape index (κ1) is 25.8. The van der Waals surface area contributed by atoms with Crippen LogP contribution in [0, 0.1) is 5.82 Å². The van der Waals surface area contributed by atoms with Crippen molar-refractivity contribution in [3.63, 3.8) is 0 Å². The number of halogens is 1. The molecule has 0 unspecified atom stereocenters. The van der Waals surface area contributed by atoms with Crippen molar-refractivity contribution in [3.8, 4) is 0 Å². The summed E-state index contributed by atoms with van der Waals surface area (Å²) in [5, 5.41) is 18.6. The lowest BCUT2D eigenvalue weighted by Crippen LogP contribution is -2.41. The van der Waals surface area contributed by atoms with Gasteiger partial charge in [0.2, 0.25) is 5.91 Å². The van der Waals surface area contributed by atoms with Gasteiger partial charge in [0, 0.05) is 25.1 Å². The van der Waals surface area contributed by atoms with E-state index in [1.807, 2.05) is 0 Å². The Balaban J connectivity index is 1.38. The van der Waals surface area contributed by atoms with Crippen molar-refractivity contribution in [3.05, 3.63) is 70.5 Å². The average molecular weight is 500 g/mol. The molecule has 3 aromatic rings. The van der Waals surface area contributed by atoms with Gasteiger partial charge in [0.15, 0.2) is 5.11 Å². The summed E-state index contributed by atoms with van der Waals surface area (Å²) in [6, 6.07) is 11.8. The number of carbonyl (C=O) groups excluding carboxylic acids is 1. The molecule has 0 aliphatic heterocycles. The van der Waals surface area contributed by atoms with E-state index >= 15 is 0 Å². The molecule has 0 radical (unpaired) electrons. The van der Waals surface area contributed by atoms with Crippen LogP contribution in [0.4, 0.5) is 10.1 Å². The number of H-pyrrole nitrogens is 1. The minimum absolute atomic E-state index is 0.00731. The minimum atomic E-state index is -1.12. The van der Waals surface area contributed by atoms with Crippen molar-refractivity contribution in [2.75, 3.05) is 11.9 Å². The maximum absolute atomic E-state index is 13.2. The molecule has 2 aromatic carbocycles. The number of benzene rings is 2. The Labute approximate surface area is 206 Å². The molecule has 1 amide bonds. The van der Waals surface area contributed by atoms with Gasteiger partial charge < -0.3 is 26.0 Å². The molecule has 184 valence electrons. The van der Waals surface area contributed by atoms with E-state index in [1.165, 1.54) is 12.1 Å². The Morgan fingerprint density at radius 2 is 1.94 bits per heavy atom. The lowest BCUT2D eigenvalue weighted by Gasteiger charge is -2.15. The van der Waals surface area contributed by atoms with Gasteiger partial charge in [0.25, 0.3) is 5.56 Å². The molecule has 9 nitrogen and oxygen atoms in total. The number of para-hydroxylation sites is 1. The molecule has 35 heavy (non-hydrogen) atoms.